The molecule has 5 nitrogen and oxygen atoms in total. The number of halogens is 1. The van der Waals surface area contributed by atoms with Crippen LogP contribution in [0.3, 0.4) is 0 Å². The Balaban J connectivity index is 1.44. The summed E-state index contributed by atoms with van der Waals surface area (Å²) in [5, 5.41) is 8.01. The maximum Gasteiger partial charge on any atom is 0.287 e. The van der Waals surface area contributed by atoms with Gasteiger partial charge in [0.2, 0.25) is 0 Å². The number of aromatic nitrogens is 2. The van der Waals surface area contributed by atoms with Crippen LogP contribution < -0.4 is 10.9 Å². The Hall–Kier alpha value is -1.07. The van der Waals surface area contributed by atoms with Crippen LogP contribution in [0.15, 0.2) is 11.0 Å². The van der Waals surface area contributed by atoms with E-state index in [9.17, 15) is 4.79 Å². The summed E-state index contributed by atoms with van der Waals surface area (Å²) >= 11 is 6.34. The first-order valence-electron chi connectivity index (χ1n) is 9.25. The molecule has 0 amide bonds. The molecule has 2 heterocycles. The molecule has 1 aliphatic heterocycles. The summed E-state index contributed by atoms with van der Waals surface area (Å²) in [6.45, 7) is 4.79. The van der Waals surface area contributed by atoms with Crippen molar-refractivity contribution >= 4 is 17.3 Å². The predicted octanol–water partition coefficient (Wildman–Crippen LogP) is 3.34. The minimum Gasteiger partial charge on any atom is -0.382 e. The average molecular weight is 352 g/mol. The topological polar surface area (TPSA) is 56.1 Å². The van der Waals surface area contributed by atoms with Gasteiger partial charge in [-0.05, 0) is 30.6 Å². The molecule has 1 aromatic rings. The van der Waals surface area contributed by atoms with Crippen LogP contribution >= 0.6 is 11.6 Å². The third-order valence-corrected chi connectivity index (χ3v) is 6.61. The maximum atomic E-state index is 12.6. The van der Waals surface area contributed by atoms with Crippen molar-refractivity contribution in [2.24, 2.45) is 23.7 Å². The molecule has 1 N–H and O–H groups in total. The number of anilines is 1. The molecule has 24 heavy (non-hydrogen) atoms. The first-order chi connectivity index (χ1) is 11.7. The van der Waals surface area contributed by atoms with Crippen LogP contribution in [-0.4, -0.2) is 29.5 Å². The highest BCUT2D eigenvalue weighted by molar-refractivity contribution is 6.32. The molecule has 2 saturated carbocycles. The van der Waals surface area contributed by atoms with Crippen LogP contribution in [0.25, 0.3) is 0 Å². The Morgan fingerprint density at radius 3 is 2.92 bits per heavy atom. The molecule has 0 radical (unpaired) electrons. The van der Waals surface area contributed by atoms with Gasteiger partial charge in [0.15, 0.2) is 0 Å². The van der Waals surface area contributed by atoms with Gasteiger partial charge in [-0.2, -0.15) is 5.10 Å². The summed E-state index contributed by atoms with van der Waals surface area (Å²) < 4.78 is 7.29. The third kappa shape index (κ3) is 2.97. The molecule has 4 atom stereocenters. The van der Waals surface area contributed by atoms with Gasteiger partial charge in [-0.15, -0.1) is 0 Å². The van der Waals surface area contributed by atoms with Crippen LogP contribution in [0.1, 0.15) is 45.1 Å². The fourth-order valence-corrected chi connectivity index (χ4v) is 4.88. The van der Waals surface area contributed by atoms with Crippen LogP contribution in [-0.2, 0) is 4.74 Å². The van der Waals surface area contributed by atoms with Gasteiger partial charge in [-0.1, -0.05) is 37.8 Å². The molecule has 6 heteroatoms. The normalized spacial score (nSPS) is 33.1. The number of rotatable bonds is 4. The quantitative estimate of drug-likeness (QED) is 0.903. The molecule has 4 rings (SSSR count). The van der Waals surface area contributed by atoms with E-state index in [0.717, 1.165) is 50.4 Å². The molecule has 3 aliphatic rings. The van der Waals surface area contributed by atoms with Gasteiger partial charge in [0.25, 0.3) is 5.56 Å². The lowest BCUT2D eigenvalue weighted by atomic mass is 9.96. The number of nitrogens with zero attached hydrogens (tertiary/aromatic N) is 2. The summed E-state index contributed by atoms with van der Waals surface area (Å²) in [6.07, 6.45) is 7.35. The fourth-order valence-electron chi connectivity index (χ4n) is 4.68. The zero-order valence-electron chi connectivity index (χ0n) is 14.2. The Kier molecular flexibility index (Phi) is 4.56. The van der Waals surface area contributed by atoms with Gasteiger partial charge in [0.05, 0.1) is 24.5 Å². The van der Waals surface area contributed by atoms with E-state index in [1.54, 1.807) is 10.9 Å². The van der Waals surface area contributed by atoms with Crippen LogP contribution in [0.5, 0.6) is 0 Å². The van der Waals surface area contributed by atoms with E-state index in [1.165, 1.54) is 19.3 Å². The van der Waals surface area contributed by atoms with E-state index < -0.39 is 0 Å². The molecule has 2 aliphatic carbocycles. The first kappa shape index (κ1) is 16.4. The maximum absolute atomic E-state index is 12.6. The zero-order chi connectivity index (χ0) is 16.7. The smallest absolute Gasteiger partial charge is 0.287 e. The van der Waals surface area contributed by atoms with E-state index in [4.69, 9.17) is 16.3 Å². The Morgan fingerprint density at radius 2 is 2.12 bits per heavy atom. The van der Waals surface area contributed by atoms with Crippen molar-refractivity contribution in [3.8, 4) is 0 Å². The highest BCUT2D eigenvalue weighted by atomic mass is 35.5. The minimum atomic E-state index is -0.161. The highest BCUT2D eigenvalue weighted by Crippen LogP contribution is 2.53. The molecular formula is C18H26ClN3O2. The SMILES string of the molecule is CC1C2COCC(CNc3cnn(C4CCCCC4)c(=O)c3Cl)C12. The van der Waals surface area contributed by atoms with E-state index >= 15 is 0 Å². The molecule has 0 spiro atoms. The van der Waals surface area contributed by atoms with E-state index in [1.807, 2.05) is 0 Å². The predicted molar refractivity (Wildman–Crippen MR) is 94.6 cm³/mol. The number of ether oxygens (including phenoxy) is 1. The zero-order valence-corrected chi connectivity index (χ0v) is 15.0. The Bertz CT molecular complexity index is 656. The monoisotopic (exact) mass is 351 g/mol. The second-order valence-electron chi connectivity index (χ2n) is 7.69. The number of nitrogens with one attached hydrogen (secondary N) is 1. The van der Waals surface area contributed by atoms with Crippen molar-refractivity contribution in [1.29, 1.82) is 0 Å². The molecule has 1 aromatic heterocycles. The Labute approximate surface area is 147 Å². The molecule has 0 bridgehead atoms. The fraction of sp³-hybridized carbons (Fsp3) is 0.778. The molecule has 4 unspecified atom stereocenters. The standard InChI is InChI=1S/C18H26ClN3O2/c1-11-14-10-24-9-12(16(11)14)7-20-15-8-21-22(18(23)17(15)19)13-5-3-2-4-6-13/h8,11-14,16,20H,2-7,9-10H2,1H3. The summed E-state index contributed by atoms with van der Waals surface area (Å²) in [5.74, 6) is 2.72. The number of hydrogen-bond acceptors (Lipinski definition) is 4. The Morgan fingerprint density at radius 1 is 1.33 bits per heavy atom. The van der Waals surface area contributed by atoms with Crippen LogP contribution in [0.4, 0.5) is 5.69 Å². The van der Waals surface area contributed by atoms with Crippen LogP contribution in [0.2, 0.25) is 5.02 Å². The van der Waals surface area contributed by atoms with E-state index in [2.05, 4.69) is 17.3 Å². The summed E-state index contributed by atoms with van der Waals surface area (Å²) in [6, 6.07) is 0.206. The number of hydrogen-bond donors (Lipinski definition) is 1. The summed E-state index contributed by atoms with van der Waals surface area (Å²) in [4.78, 5) is 12.6. The molecule has 3 fully saturated rings. The van der Waals surface area contributed by atoms with Gasteiger partial charge in [0, 0.05) is 19.1 Å². The van der Waals surface area contributed by atoms with Crippen molar-refractivity contribution in [3.63, 3.8) is 0 Å². The van der Waals surface area contributed by atoms with Crippen molar-refractivity contribution in [2.45, 2.75) is 45.1 Å². The van der Waals surface area contributed by atoms with E-state index in [0.29, 0.717) is 11.6 Å². The summed E-state index contributed by atoms with van der Waals surface area (Å²) in [7, 11) is 0. The van der Waals surface area contributed by atoms with Crippen molar-refractivity contribution in [3.05, 3.63) is 21.6 Å². The largest absolute Gasteiger partial charge is 0.382 e. The van der Waals surface area contributed by atoms with Gasteiger partial charge in [-0.3, -0.25) is 4.79 Å². The van der Waals surface area contributed by atoms with Gasteiger partial charge < -0.3 is 10.1 Å². The first-order valence-corrected chi connectivity index (χ1v) is 9.63. The lowest BCUT2D eigenvalue weighted by Crippen LogP contribution is -2.31. The highest BCUT2D eigenvalue weighted by Gasteiger charge is 2.53. The van der Waals surface area contributed by atoms with Gasteiger partial charge in [-0.25, -0.2) is 4.68 Å². The lowest BCUT2D eigenvalue weighted by Gasteiger charge is -2.24. The second kappa shape index (κ2) is 6.68. The van der Waals surface area contributed by atoms with Crippen LogP contribution in [0, 0.1) is 23.7 Å². The molecular weight excluding hydrogens is 326 g/mol. The second-order valence-corrected chi connectivity index (χ2v) is 8.07. The van der Waals surface area contributed by atoms with Gasteiger partial charge >= 0.3 is 0 Å². The van der Waals surface area contributed by atoms with Crippen molar-refractivity contribution in [1.82, 2.24) is 9.78 Å². The minimum absolute atomic E-state index is 0.161. The van der Waals surface area contributed by atoms with E-state index in [-0.39, 0.29) is 16.6 Å². The van der Waals surface area contributed by atoms with Crippen molar-refractivity contribution < 1.29 is 4.74 Å². The lowest BCUT2D eigenvalue weighted by molar-refractivity contribution is 0.0516. The van der Waals surface area contributed by atoms with Crippen molar-refractivity contribution in [2.75, 3.05) is 25.1 Å². The number of fused-ring (bicyclic) bond motifs is 1. The molecule has 1 saturated heterocycles. The third-order valence-electron chi connectivity index (χ3n) is 6.24. The van der Waals surface area contributed by atoms with Gasteiger partial charge in [0.1, 0.15) is 5.02 Å². The summed E-state index contributed by atoms with van der Waals surface area (Å²) in [5.41, 5.74) is 0.496. The molecule has 0 aromatic carbocycles. The molecule has 132 valence electrons. The average Bonchev–Trinajstić information content (AvgIpc) is 3.28.